The SMILES string of the molecule is CC/C=C\C/C=C\C/C=C\C/C=C\C/C=C\CCCCCCCCCC(=O)OC(CCCCCC)CCCCCC(=O)NC(CCCN)C(=O)O. The molecule has 0 saturated carbocycles. The van der Waals surface area contributed by atoms with Gasteiger partial charge in [0.2, 0.25) is 5.91 Å². The number of rotatable bonds is 36. The van der Waals surface area contributed by atoms with E-state index in [4.69, 9.17) is 10.5 Å². The van der Waals surface area contributed by atoms with Crippen LogP contribution in [0.3, 0.4) is 0 Å². The summed E-state index contributed by atoms with van der Waals surface area (Å²) in [6, 6.07) is -0.876. The highest BCUT2D eigenvalue weighted by Crippen LogP contribution is 2.18. The van der Waals surface area contributed by atoms with E-state index in [1.165, 1.54) is 44.9 Å². The van der Waals surface area contributed by atoms with Crippen LogP contribution in [0.25, 0.3) is 0 Å². The Morgan fingerprint density at radius 2 is 1.08 bits per heavy atom. The Labute approximate surface area is 312 Å². The molecule has 7 heteroatoms. The number of nitrogens with one attached hydrogen (secondary N) is 1. The van der Waals surface area contributed by atoms with Gasteiger partial charge in [-0.2, -0.15) is 0 Å². The maximum absolute atomic E-state index is 12.6. The molecule has 0 spiro atoms. The Kier molecular flexibility index (Phi) is 36.1. The number of carbonyl (C=O) groups excluding carboxylic acids is 2. The Bertz CT molecular complexity index is 984. The number of amides is 1. The number of carbonyl (C=O) groups is 3. The van der Waals surface area contributed by atoms with Crippen molar-refractivity contribution in [1.82, 2.24) is 5.32 Å². The highest BCUT2D eigenvalue weighted by Gasteiger charge is 2.19. The molecule has 7 nitrogen and oxygen atoms in total. The van der Waals surface area contributed by atoms with Gasteiger partial charge in [0.1, 0.15) is 12.1 Å². The van der Waals surface area contributed by atoms with Gasteiger partial charge in [-0.1, -0.05) is 132 Å². The molecular formula is C44H76N2O5. The number of esters is 1. The highest BCUT2D eigenvalue weighted by molar-refractivity contribution is 5.83. The fourth-order valence-electron chi connectivity index (χ4n) is 5.77. The summed E-state index contributed by atoms with van der Waals surface area (Å²) >= 11 is 0. The van der Waals surface area contributed by atoms with E-state index in [2.05, 4.69) is 79.9 Å². The Morgan fingerprint density at radius 1 is 0.588 bits per heavy atom. The maximum atomic E-state index is 12.6. The van der Waals surface area contributed by atoms with Crippen LogP contribution < -0.4 is 11.1 Å². The predicted molar refractivity (Wildman–Crippen MR) is 216 cm³/mol. The summed E-state index contributed by atoms with van der Waals surface area (Å²) in [7, 11) is 0. The van der Waals surface area contributed by atoms with Crippen LogP contribution in [-0.2, 0) is 19.1 Å². The van der Waals surface area contributed by atoms with E-state index in [0.717, 1.165) is 89.9 Å². The molecule has 1 amide bonds. The topological polar surface area (TPSA) is 119 Å². The summed E-state index contributed by atoms with van der Waals surface area (Å²) in [5.41, 5.74) is 5.47. The third-order valence-electron chi connectivity index (χ3n) is 8.85. The van der Waals surface area contributed by atoms with Crippen LogP contribution >= 0.6 is 0 Å². The zero-order valence-electron chi connectivity index (χ0n) is 32.7. The number of hydrogen-bond donors (Lipinski definition) is 3. The quantitative estimate of drug-likeness (QED) is 0.0338. The minimum atomic E-state index is -1.02. The summed E-state index contributed by atoms with van der Waals surface area (Å²) < 4.78 is 5.91. The third-order valence-corrected chi connectivity index (χ3v) is 8.85. The van der Waals surface area contributed by atoms with Crippen molar-refractivity contribution in [2.24, 2.45) is 5.73 Å². The van der Waals surface area contributed by atoms with Crippen molar-refractivity contribution >= 4 is 17.8 Å². The molecule has 2 unspecified atom stereocenters. The first-order chi connectivity index (χ1) is 24.9. The number of carboxylic acids is 1. The Morgan fingerprint density at radius 3 is 1.63 bits per heavy atom. The summed E-state index contributed by atoms with van der Waals surface area (Å²) in [6.45, 7) is 4.75. The van der Waals surface area contributed by atoms with Gasteiger partial charge in [-0.15, -0.1) is 0 Å². The number of ether oxygens (including phenoxy) is 1. The molecule has 4 N–H and O–H groups in total. The van der Waals surface area contributed by atoms with Crippen molar-refractivity contribution in [3.05, 3.63) is 60.8 Å². The first-order valence-electron chi connectivity index (χ1n) is 20.6. The summed E-state index contributed by atoms with van der Waals surface area (Å²) in [5, 5.41) is 11.9. The Balaban J connectivity index is 3.99. The van der Waals surface area contributed by atoms with Crippen LogP contribution in [0.1, 0.15) is 181 Å². The molecular weight excluding hydrogens is 636 g/mol. The average molecular weight is 713 g/mol. The minimum absolute atomic E-state index is 0.0567. The lowest BCUT2D eigenvalue weighted by Crippen LogP contribution is -2.40. The van der Waals surface area contributed by atoms with Crippen LogP contribution in [0.2, 0.25) is 0 Å². The molecule has 0 radical (unpaired) electrons. The molecule has 0 aliphatic rings. The molecule has 292 valence electrons. The summed E-state index contributed by atoms with van der Waals surface area (Å²) in [6.07, 6.45) is 47.2. The molecule has 0 aliphatic heterocycles. The predicted octanol–water partition coefficient (Wildman–Crippen LogP) is 11.4. The number of aliphatic carboxylic acids is 1. The fourth-order valence-corrected chi connectivity index (χ4v) is 5.77. The zero-order valence-corrected chi connectivity index (χ0v) is 32.7. The van der Waals surface area contributed by atoms with Crippen molar-refractivity contribution in [2.75, 3.05) is 6.54 Å². The van der Waals surface area contributed by atoms with Crippen molar-refractivity contribution in [3.8, 4) is 0 Å². The molecule has 2 atom stereocenters. The minimum Gasteiger partial charge on any atom is -0.480 e. The molecule has 0 bridgehead atoms. The molecule has 0 aromatic carbocycles. The number of nitrogens with two attached hydrogens (primary N) is 1. The second kappa shape index (κ2) is 38.3. The fraction of sp³-hybridized carbons (Fsp3) is 0.705. The van der Waals surface area contributed by atoms with E-state index < -0.39 is 12.0 Å². The van der Waals surface area contributed by atoms with Gasteiger partial charge >= 0.3 is 11.9 Å². The average Bonchev–Trinajstić information content (AvgIpc) is 3.11. The number of allylic oxidation sites excluding steroid dienone is 10. The van der Waals surface area contributed by atoms with Crippen LogP contribution in [0, 0.1) is 0 Å². The second-order valence-corrected chi connectivity index (χ2v) is 13.7. The van der Waals surface area contributed by atoms with Crippen LogP contribution in [0.4, 0.5) is 0 Å². The smallest absolute Gasteiger partial charge is 0.326 e. The zero-order chi connectivity index (χ0) is 37.5. The van der Waals surface area contributed by atoms with Gasteiger partial charge in [0, 0.05) is 12.8 Å². The van der Waals surface area contributed by atoms with Gasteiger partial charge in [0.05, 0.1) is 0 Å². The van der Waals surface area contributed by atoms with Gasteiger partial charge in [-0.25, -0.2) is 4.79 Å². The molecule has 0 aromatic heterocycles. The molecule has 0 aliphatic carbocycles. The number of carboxylic acid groups (broad SMARTS) is 1. The van der Waals surface area contributed by atoms with Crippen molar-refractivity contribution in [3.63, 3.8) is 0 Å². The van der Waals surface area contributed by atoms with E-state index >= 15 is 0 Å². The van der Waals surface area contributed by atoms with Gasteiger partial charge in [0.15, 0.2) is 0 Å². The van der Waals surface area contributed by atoms with E-state index in [1.807, 2.05) is 0 Å². The van der Waals surface area contributed by atoms with Crippen LogP contribution in [-0.4, -0.2) is 41.6 Å². The number of hydrogen-bond acceptors (Lipinski definition) is 5. The summed E-state index contributed by atoms with van der Waals surface area (Å²) in [5.74, 6) is -1.33. The third kappa shape index (κ3) is 35.3. The first kappa shape index (κ1) is 48.1. The monoisotopic (exact) mass is 713 g/mol. The van der Waals surface area contributed by atoms with Gasteiger partial charge in [-0.05, 0) is 103 Å². The highest BCUT2D eigenvalue weighted by atomic mass is 16.5. The lowest BCUT2D eigenvalue weighted by Gasteiger charge is -2.18. The molecule has 51 heavy (non-hydrogen) atoms. The molecule has 0 aromatic rings. The van der Waals surface area contributed by atoms with Gasteiger partial charge in [-0.3, -0.25) is 9.59 Å². The van der Waals surface area contributed by atoms with E-state index in [9.17, 15) is 19.5 Å². The van der Waals surface area contributed by atoms with E-state index in [-0.39, 0.29) is 18.0 Å². The lowest BCUT2D eigenvalue weighted by molar-refractivity contribution is -0.150. The van der Waals surface area contributed by atoms with Gasteiger partial charge < -0.3 is 20.9 Å². The van der Waals surface area contributed by atoms with E-state index in [0.29, 0.717) is 38.6 Å². The molecule has 0 fully saturated rings. The lowest BCUT2D eigenvalue weighted by atomic mass is 10.0. The van der Waals surface area contributed by atoms with E-state index in [1.54, 1.807) is 0 Å². The molecule has 0 heterocycles. The standard InChI is InChI=1S/C44H76N2O5/c1-3-5-7-9-10-11-12-13-14-15-16-17-18-19-20-21-22-23-24-25-26-27-32-38-43(48)51-40(34-29-8-6-4-2)35-30-28-31-37-42(47)46-41(44(49)50)36-33-39-45/h5,7,10-11,13-14,16-17,19-20,40-41H,3-4,6,8-9,12,15,18,21-39,45H2,1-2H3,(H,46,47)(H,49,50)/b7-5-,11-10-,14-13-,17-16-,20-19-. The maximum Gasteiger partial charge on any atom is 0.326 e. The summed E-state index contributed by atoms with van der Waals surface area (Å²) in [4.78, 5) is 36.2. The van der Waals surface area contributed by atoms with Crippen LogP contribution in [0.15, 0.2) is 60.8 Å². The van der Waals surface area contributed by atoms with Gasteiger partial charge in [0.25, 0.3) is 0 Å². The second-order valence-electron chi connectivity index (χ2n) is 13.7. The number of unbranched alkanes of at least 4 members (excludes halogenated alkanes) is 12. The van der Waals surface area contributed by atoms with Crippen molar-refractivity contribution in [1.29, 1.82) is 0 Å². The largest absolute Gasteiger partial charge is 0.480 e. The van der Waals surface area contributed by atoms with Crippen molar-refractivity contribution in [2.45, 2.75) is 193 Å². The Hall–Kier alpha value is -2.93. The normalized spacial score (nSPS) is 13.3. The molecule has 0 rings (SSSR count). The van der Waals surface area contributed by atoms with Crippen molar-refractivity contribution < 1.29 is 24.2 Å². The first-order valence-corrected chi connectivity index (χ1v) is 20.6. The van der Waals surface area contributed by atoms with Crippen LogP contribution in [0.5, 0.6) is 0 Å². The molecule has 0 saturated heterocycles.